The van der Waals surface area contributed by atoms with Gasteiger partial charge in [0, 0.05) is 29.8 Å². The van der Waals surface area contributed by atoms with E-state index in [1.807, 2.05) is 43.3 Å². The van der Waals surface area contributed by atoms with Crippen LogP contribution in [0.5, 0.6) is 0 Å². The Morgan fingerprint density at radius 3 is 1.48 bits per heavy atom. The second-order valence-electron chi connectivity index (χ2n) is 7.23. The predicted octanol–water partition coefficient (Wildman–Crippen LogP) is 5.44. The van der Waals surface area contributed by atoms with Gasteiger partial charge >= 0.3 is 0 Å². The molecular formula is C24H19Cl2N3O2. The lowest BCUT2D eigenvalue weighted by Crippen LogP contribution is -2.41. The average molecular weight is 452 g/mol. The van der Waals surface area contributed by atoms with E-state index in [2.05, 4.69) is 0 Å². The van der Waals surface area contributed by atoms with E-state index >= 15 is 0 Å². The van der Waals surface area contributed by atoms with Crippen molar-refractivity contribution in [1.82, 2.24) is 0 Å². The Hall–Kier alpha value is -3.28. The van der Waals surface area contributed by atoms with E-state index in [-0.39, 0.29) is 5.57 Å². The number of carbonyl (C=O) groups is 2. The molecule has 2 amide bonds. The van der Waals surface area contributed by atoms with Gasteiger partial charge in [0.05, 0.1) is 11.4 Å². The molecule has 3 aromatic carbocycles. The highest BCUT2D eigenvalue weighted by Crippen LogP contribution is 2.33. The first-order chi connectivity index (χ1) is 14.8. The van der Waals surface area contributed by atoms with Gasteiger partial charge in [0.25, 0.3) is 11.8 Å². The number of nitrogens with zero attached hydrogens (tertiary/aromatic N) is 3. The Balaban J connectivity index is 1.79. The molecule has 0 saturated carbocycles. The van der Waals surface area contributed by atoms with Gasteiger partial charge in [0.2, 0.25) is 0 Å². The van der Waals surface area contributed by atoms with E-state index < -0.39 is 11.8 Å². The van der Waals surface area contributed by atoms with Crippen LogP contribution in [0.3, 0.4) is 0 Å². The Morgan fingerprint density at radius 1 is 0.677 bits per heavy atom. The Labute approximate surface area is 190 Å². The molecule has 0 aromatic heterocycles. The third kappa shape index (κ3) is 4.15. The molecule has 3 aromatic rings. The molecule has 1 fully saturated rings. The van der Waals surface area contributed by atoms with Gasteiger partial charge in [-0.15, -0.1) is 0 Å². The Morgan fingerprint density at radius 2 is 1.10 bits per heavy atom. The number of rotatable bonds is 4. The van der Waals surface area contributed by atoms with Crippen LogP contribution < -0.4 is 14.9 Å². The number of benzene rings is 3. The molecule has 0 radical (unpaired) electrons. The van der Waals surface area contributed by atoms with Gasteiger partial charge in [-0.1, -0.05) is 35.3 Å². The van der Waals surface area contributed by atoms with Crippen molar-refractivity contribution >= 4 is 58.2 Å². The maximum atomic E-state index is 13.4. The molecule has 156 valence electrons. The van der Waals surface area contributed by atoms with Crippen LogP contribution in [0.4, 0.5) is 17.1 Å². The molecule has 1 aliphatic heterocycles. The van der Waals surface area contributed by atoms with E-state index in [0.717, 1.165) is 11.3 Å². The van der Waals surface area contributed by atoms with Gasteiger partial charge in [0.15, 0.2) is 0 Å². The van der Waals surface area contributed by atoms with Gasteiger partial charge in [-0.2, -0.15) is 0 Å². The minimum Gasteiger partial charge on any atom is -0.378 e. The quantitative estimate of drug-likeness (QED) is 0.391. The predicted molar refractivity (Wildman–Crippen MR) is 127 cm³/mol. The lowest BCUT2D eigenvalue weighted by atomic mass is 10.1. The van der Waals surface area contributed by atoms with Gasteiger partial charge in [-0.25, -0.2) is 10.0 Å². The fraction of sp³-hybridized carbons (Fsp3) is 0.0833. The summed E-state index contributed by atoms with van der Waals surface area (Å²) in [5.74, 6) is -0.835. The molecule has 0 N–H and O–H groups in total. The van der Waals surface area contributed by atoms with Crippen LogP contribution in [0, 0.1) is 0 Å². The van der Waals surface area contributed by atoms with Crippen LogP contribution in [-0.4, -0.2) is 25.9 Å². The van der Waals surface area contributed by atoms with Gasteiger partial charge in [-0.3, -0.25) is 9.59 Å². The number of anilines is 3. The van der Waals surface area contributed by atoms with Crippen LogP contribution >= 0.6 is 23.2 Å². The van der Waals surface area contributed by atoms with Crippen LogP contribution in [0.1, 0.15) is 5.56 Å². The topological polar surface area (TPSA) is 43.9 Å². The summed E-state index contributed by atoms with van der Waals surface area (Å²) in [7, 11) is 3.90. The zero-order valence-electron chi connectivity index (χ0n) is 16.9. The summed E-state index contributed by atoms with van der Waals surface area (Å²) in [5.41, 5.74) is 2.92. The lowest BCUT2D eigenvalue weighted by molar-refractivity contribution is -0.116. The number of amides is 2. The van der Waals surface area contributed by atoms with Crippen LogP contribution in [0.15, 0.2) is 78.4 Å². The minimum atomic E-state index is -0.418. The zero-order valence-corrected chi connectivity index (χ0v) is 18.4. The Kier molecular flexibility index (Phi) is 5.72. The maximum absolute atomic E-state index is 13.4. The minimum absolute atomic E-state index is 0.0718. The largest absolute Gasteiger partial charge is 0.378 e. The summed E-state index contributed by atoms with van der Waals surface area (Å²) in [6.45, 7) is 0. The molecule has 1 heterocycles. The molecule has 7 heteroatoms. The normalized spacial score (nSPS) is 13.7. The second-order valence-corrected chi connectivity index (χ2v) is 8.10. The summed E-state index contributed by atoms with van der Waals surface area (Å²) in [5, 5.41) is 3.78. The fourth-order valence-corrected chi connectivity index (χ4v) is 3.54. The average Bonchev–Trinajstić information content (AvgIpc) is 3.00. The number of hydrogen-bond donors (Lipinski definition) is 0. The number of halogens is 2. The summed E-state index contributed by atoms with van der Waals surface area (Å²) < 4.78 is 0. The van der Waals surface area contributed by atoms with Crippen molar-refractivity contribution in [2.45, 2.75) is 0 Å². The highest BCUT2D eigenvalue weighted by atomic mass is 35.5. The Bertz CT molecular complexity index is 1090. The molecule has 0 unspecified atom stereocenters. The van der Waals surface area contributed by atoms with Crippen molar-refractivity contribution in [3.63, 3.8) is 0 Å². The molecule has 31 heavy (non-hydrogen) atoms. The SMILES string of the molecule is CN(C)c1ccc(C=C2C(=O)N(c3ccc(Cl)cc3)N(c3ccc(Cl)cc3)C2=O)cc1. The molecule has 0 aliphatic carbocycles. The van der Waals surface area contributed by atoms with E-state index in [9.17, 15) is 9.59 Å². The molecule has 1 saturated heterocycles. The van der Waals surface area contributed by atoms with Gasteiger partial charge < -0.3 is 4.90 Å². The third-order valence-corrected chi connectivity index (χ3v) is 5.41. The summed E-state index contributed by atoms with van der Waals surface area (Å²) in [6, 6.07) is 21.1. The van der Waals surface area contributed by atoms with Crippen molar-refractivity contribution in [2.24, 2.45) is 0 Å². The van der Waals surface area contributed by atoms with Crippen molar-refractivity contribution in [3.8, 4) is 0 Å². The smallest absolute Gasteiger partial charge is 0.283 e. The van der Waals surface area contributed by atoms with Crippen molar-refractivity contribution in [3.05, 3.63) is 94.0 Å². The molecule has 0 atom stereocenters. The van der Waals surface area contributed by atoms with E-state index in [1.165, 1.54) is 10.0 Å². The van der Waals surface area contributed by atoms with E-state index in [1.54, 1.807) is 54.6 Å². The summed E-state index contributed by atoms with van der Waals surface area (Å²) in [6.07, 6.45) is 1.61. The van der Waals surface area contributed by atoms with Gasteiger partial charge in [-0.05, 0) is 72.3 Å². The summed E-state index contributed by atoms with van der Waals surface area (Å²) >= 11 is 12.0. The highest BCUT2D eigenvalue weighted by molar-refractivity contribution is 6.38. The third-order valence-electron chi connectivity index (χ3n) is 4.91. The monoisotopic (exact) mass is 451 g/mol. The van der Waals surface area contributed by atoms with Crippen LogP contribution in [-0.2, 0) is 9.59 Å². The molecule has 1 aliphatic rings. The van der Waals surface area contributed by atoms with E-state index in [0.29, 0.717) is 21.4 Å². The van der Waals surface area contributed by atoms with E-state index in [4.69, 9.17) is 23.2 Å². The molecule has 5 nitrogen and oxygen atoms in total. The molecule has 0 bridgehead atoms. The number of hydrogen-bond acceptors (Lipinski definition) is 3. The molecular weight excluding hydrogens is 433 g/mol. The molecule has 0 spiro atoms. The van der Waals surface area contributed by atoms with Crippen LogP contribution in [0.25, 0.3) is 6.08 Å². The fourth-order valence-electron chi connectivity index (χ4n) is 3.29. The molecule has 4 rings (SSSR count). The van der Waals surface area contributed by atoms with Crippen molar-refractivity contribution in [2.75, 3.05) is 29.0 Å². The standard InChI is InChI=1S/C24H19Cl2N3O2/c1-27(2)19-9-3-16(4-10-19)15-22-23(30)28(20-11-5-17(25)6-12-20)29(24(22)31)21-13-7-18(26)8-14-21/h3-15H,1-2H3. The van der Waals surface area contributed by atoms with Crippen molar-refractivity contribution in [1.29, 1.82) is 0 Å². The van der Waals surface area contributed by atoms with Gasteiger partial charge in [0.1, 0.15) is 5.57 Å². The first-order valence-electron chi connectivity index (χ1n) is 9.54. The first-order valence-corrected chi connectivity index (χ1v) is 10.3. The highest BCUT2D eigenvalue weighted by Gasteiger charge is 2.42. The van der Waals surface area contributed by atoms with Crippen LogP contribution in [0.2, 0.25) is 10.0 Å². The number of hydrazine groups is 1. The number of carbonyl (C=O) groups excluding carboxylic acids is 2. The lowest BCUT2D eigenvalue weighted by Gasteiger charge is -2.27. The maximum Gasteiger partial charge on any atom is 0.283 e. The summed E-state index contributed by atoms with van der Waals surface area (Å²) in [4.78, 5) is 28.7. The second kappa shape index (κ2) is 8.46. The van der Waals surface area contributed by atoms with Crippen molar-refractivity contribution < 1.29 is 9.59 Å². The first kappa shape index (κ1) is 21.0. The zero-order chi connectivity index (χ0) is 22.1.